The van der Waals surface area contributed by atoms with Crippen LogP contribution in [0.5, 0.6) is 0 Å². The van der Waals surface area contributed by atoms with Crippen LogP contribution in [-0.4, -0.2) is 58.9 Å². The molecule has 1 amide bonds. The molecule has 3 heterocycles. The fraction of sp³-hybridized carbons (Fsp3) is 0.526. The second kappa shape index (κ2) is 9.45. The molecule has 0 aliphatic carbocycles. The predicted molar refractivity (Wildman–Crippen MR) is 98.6 cm³/mol. The lowest BCUT2D eigenvalue weighted by atomic mass is 9.97. The SMILES string of the molecule is COCCN(Cc1ccccn1)C(=O)Cn1ccc(C2CCCNC2)n1. The van der Waals surface area contributed by atoms with Crippen molar-refractivity contribution in [3.63, 3.8) is 0 Å². The maximum Gasteiger partial charge on any atom is 0.244 e. The molecule has 0 spiro atoms. The molecule has 1 aliphatic heterocycles. The van der Waals surface area contributed by atoms with Gasteiger partial charge in [0.2, 0.25) is 5.91 Å². The van der Waals surface area contributed by atoms with Gasteiger partial charge in [-0.3, -0.25) is 14.5 Å². The van der Waals surface area contributed by atoms with Crippen molar-refractivity contribution in [3.8, 4) is 0 Å². The van der Waals surface area contributed by atoms with Gasteiger partial charge in [0.15, 0.2) is 0 Å². The van der Waals surface area contributed by atoms with Crippen LogP contribution in [0.1, 0.15) is 30.1 Å². The Labute approximate surface area is 154 Å². The van der Waals surface area contributed by atoms with Crippen molar-refractivity contribution < 1.29 is 9.53 Å². The number of amides is 1. The molecular formula is C19H27N5O2. The van der Waals surface area contributed by atoms with E-state index in [1.807, 2.05) is 30.5 Å². The van der Waals surface area contributed by atoms with Gasteiger partial charge in [-0.2, -0.15) is 5.10 Å². The van der Waals surface area contributed by atoms with E-state index in [1.165, 1.54) is 6.42 Å². The second-order valence-electron chi connectivity index (χ2n) is 6.61. The Kier molecular flexibility index (Phi) is 6.74. The van der Waals surface area contributed by atoms with Crippen LogP contribution < -0.4 is 5.32 Å². The number of carbonyl (C=O) groups excluding carboxylic acids is 1. The van der Waals surface area contributed by atoms with Crippen LogP contribution in [0.2, 0.25) is 0 Å². The third kappa shape index (κ3) is 5.12. The lowest BCUT2D eigenvalue weighted by Crippen LogP contribution is -2.36. The number of ether oxygens (including phenoxy) is 1. The molecule has 1 saturated heterocycles. The van der Waals surface area contributed by atoms with E-state index in [0.717, 1.165) is 30.9 Å². The molecule has 2 aromatic rings. The smallest absolute Gasteiger partial charge is 0.244 e. The van der Waals surface area contributed by atoms with E-state index in [-0.39, 0.29) is 12.5 Å². The van der Waals surface area contributed by atoms with Crippen molar-refractivity contribution in [3.05, 3.63) is 48.0 Å². The number of hydrogen-bond acceptors (Lipinski definition) is 5. The molecule has 1 atom stereocenters. The highest BCUT2D eigenvalue weighted by molar-refractivity contribution is 5.75. The molecule has 7 nitrogen and oxygen atoms in total. The molecule has 7 heteroatoms. The molecule has 3 rings (SSSR count). The van der Waals surface area contributed by atoms with Crippen LogP contribution in [0.25, 0.3) is 0 Å². The van der Waals surface area contributed by atoms with Crippen LogP contribution in [0, 0.1) is 0 Å². The summed E-state index contributed by atoms with van der Waals surface area (Å²) in [5, 5.41) is 8.03. The number of rotatable bonds is 8. The van der Waals surface area contributed by atoms with Crippen LogP contribution >= 0.6 is 0 Å². The van der Waals surface area contributed by atoms with Crippen LogP contribution in [0.3, 0.4) is 0 Å². The first-order valence-corrected chi connectivity index (χ1v) is 9.17. The molecule has 0 bridgehead atoms. The molecular weight excluding hydrogens is 330 g/mol. The Morgan fingerprint density at radius 1 is 1.42 bits per heavy atom. The van der Waals surface area contributed by atoms with Gasteiger partial charge in [0.25, 0.3) is 0 Å². The van der Waals surface area contributed by atoms with Crippen LogP contribution in [-0.2, 0) is 22.6 Å². The van der Waals surface area contributed by atoms with E-state index in [9.17, 15) is 4.79 Å². The Balaban J connectivity index is 1.62. The second-order valence-corrected chi connectivity index (χ2v) is 6.61. The maximum absolute atomic E-state index is 12.8. The van der Waals surface area contributed by atoms with Crippen molar-refractivity contribution in [1.82, 2.24) is 25.0 Å². The number of carbonyl (C=O) groups is 1. The number of aromatic nitrogens is 3. The summed E-state index contributed by atoms with van der Waals surface area (Å²) < 4.78 is 6.89. The van der Waals surface area contributed by atoms with E-state index in [2.05, 4.69) is 15.4 Å². The van der Waals surface area contributed by atoms with E-state index in [0.29, 0.717) is 25.6 Å². The minimum atomic E-state index is 0.0177. The van der Waals surface area contributed by atoms with Gasteiger partial charge in [0.1, 0.15) is 6.54 Å². The van der Waals surface area contributed by atoms with E-state index in [1.54, 1.807) is 22.9 Å². The van der Waals surface area contributed by atoms with Gasteiger partial charge in [-0.1, -0.05) is 6.07 Å². The quantitative estimate of drug-likeness (QED) is 0.774. The van der Waals surface area contributed by atoms with E-state index >= 15 is 0 Å². The third-order valence-corrected chi connectivity index (χ3v) is 4.67. The molecule has 140 valence electrons. The number of piperidine rings is 1. The lowest BCUT2D eigenvalue weighted by Gasteiger charge is -2.22. The van der Waals surface area contributed by atoms with Crippen molar-refractivity contribution in [2.24, 2.45) is 0 Å². The van der Waals surface area contributed by atoms with Gasteiger partial charge >= 0.3 is 0 Å². The molecule has 0 radical (unpaired) electrons. The topological polar surface area (TPSA) is 72.3 Å². The summed E-state index contributed by atoms with van der Waals surface area (Å²) >= 11 is 0. The Hall–Kier alpha value is -2.25. The largest absolute Gasteiger partial charge is 0.383 e. The zero-order chi connectivity index (χ0) is 18.2. The normalized spacial score (nSPS) is 17.2. The minimum absolute atomic E-state index is 0.0177. The van der Waals surface area contributed by atoms with Gasteiger partial charge in [-0.15, -0.1) is 0 Å². The average Bonchev–Trinajstić information content (AvgIpc) is 3.15. The summed E-state index contributed by atoms with van der Waals surface area (Å²) in [6.07, 6.45) is 5.96. The third-order valence-electron chi connectivity index (χ3n) is 4.67. The van der Waals surface area contributed by atoms with Crippen molar-refractivity contribution in [2.45, 2.75) is 31.8 Å². The molecule has 2 aromatic heterocycles. The summed E-state index contributed by atoms with van der Waals surface area (Å²) in [6, 6.07) is 7.76. The van der Waals surface area contributed by atoms with Gasteiger partial charge in [0, 0.05) is 38.5 Å². The first-order valence-electron chi connectivity index (χ1n) is 9.17. The highest BCUT2D eigenvalue weighted by Gasteiger charge is 2.19. The zero-order valence-electron chi connectivity index (χ0n) is 15.3. The number of nitrogens with zero attached hydrogens (tertiary/aromatic N) is 4. The monoisotopic (exact) mass is 357 g/mol. The molecule has 1 unspecified atom stereocenters. The van der Waals surface area contributed by atoms with E-state index < -0.39 is 0 Å². The van der Waals surface area contributed by atoms with Gasteiger partial charge < -0.3 is 15.0 Å². The average molecular weight is 357 g/mol. The van der Waals surface area contributed by atoms with Crippen molar-refractivity contribution in [1.29, 1.82) is 0 Å². The Bertz CT molecular complexity index is 682. The van der Waals surface area contributed by atoms with Crippen LogP contribution in [0.4, 0.5) is 0 Å². The summed E-state index contributed by atoms with van der Waals surface area (Å²) in [6.45, 7) is 3.78. The standard InChI is InChI=1S/C19H27N5O2/c1-26-12-11-23(14-17-6-2-3-9-21-17)19(25)15-24-10-7-18(22-24)16-5-4-8-20-13-16/h2-3,6-7,9-10,16,20H,4-5,8,11-15H2,1H3. The molecule has 1 N–H and O–H groups in total. The van der Waals surface area contributed by atoms with Gasteiger partial charge in [-0.25, -0.2) is 0 Å². The molecule has 1 aliphatic rings. The molecule has 0 aromatic carbocycles. The number of methoxy groups -OCH3 is 1. The fourth-order valence-corrected chi connectivity index (χ4v) is 3.21. The minimum Gasteiger partial charge on any atom is -0.383 e. The zero-order valence-corrected chi connectivity index (χ0v) is 15.3. The van der Waals surface area contributed by atoms with Gasteiger partial charge in [-0.05, 0) is 37.6 Å². The van der Waals surface area contributed by atoms with E-state index in [4.69, 9.17) is 4.74 Å². The summed E-state index contributed by atoms with van der Waals surface area (Å²) in [5.74, 6) is 0.460. The van der Waals surface area contributed by atoms with Gasteiger partial charge in [0.05, 0.1) is 24.5 Å². The number of pyridine rings is 1. The van der Waals surface area contributed by atoms with Crippen LogP contribution in [0.15, 0.2) is 36.7 Å². The molecule has 0 saturated carbocycles. The highest BCUT2D eigenvalue weighted by Crippen LogP contribution is 2.21. The summed E-state index contributed by atoms with van der Waals surface area (Å²) in [4.78, 5) is 18.9. The van der Waals surface area contributed by atoms with Crippen molar-refractivity contribution in [2.75, 3.05) is 33.4 Å². The predicted octanol–water partition coefficient (Wildman–Crippen LogP) is 1.42. The fourth-order valence-electron chi connectivity index (χ4n) is 3.21. The first-order chi connectivity index (χ1) is 12.8. The summed E-state index contributed by atoms with van der Waals surface area (Å²) in [5.41, 5.74) is 1.93. The number of hydrogen-bond donors (Lipinski definition) is 1. The Morgan fingerprint density at radius 3 is 3.08 bits per heavy atom. The first kappa shape index (κ1) is 18.5. The lowest BCUT2D eigenvalue weighted by molar-refractivity contribution is -0.133. The Morgan fingerprint density at radius 2 is 2.35 bits per heavy atom. The molecule has 1 fully saturated rings. The highest BCUT2D eigenvalue weighted by atomic mass is 16.5. The number of nitrogens with one attached hydrogen (secondary N) is 1. The maximum atomic E-state index is 12.8. The van der Waals surface area contributed by atoms with Crippen molar-refractivity contribution >= 4 is 5.91 Å². The summed E-state index contributed by atoms with van der Waals surface area (Å²) in [7, 11) is 1.64. The molecule has 26 heavy (non-hydrogen) atoms.